The monoisotopic (exact) mass is 193 g/mol. The largest absolute Gasteiger partial charge is 0.197 e. The maximum atomic E-state index is 8.89. The molecule has 0 radical (unpaired) electrons. The van der Waals surface area contributed by atoms with Crippen LogP contribution in [0.25, 0.3) is 0 Å². The lowest BCUT2D eigenvalue weighted by atomic mass is 9.95. The van der Waals surface area contributed by atoms with E-state index in [1.807, 2.05) is 20.8 Å². The van der Waals surface area contributed by atoms with Crippen LogP contribution in [0, 0.1) is 11.3 Å². The lowest BCUT2D eigenvalue weighted by Crippen LogP contribution is -2.25. The lowest BCUT2D eigenvalue weighted by molar-refractivity contribution is 0.304. The predicted octanol–water partition coefficient (Wildman–Crippen LogP) is 1.23. The Morgan fingerprint density at radius 1 is 1.21 bits per heavy atom. The fraction of sp³-hybridized carbons (Fsp3) is 0.778. The van der Waals surface area contributed by atoms with E-state index in [2.05, 4.69) is 21.5 Å². The van der Waals surface area contributed by atoms with Gasteiger partial charge >= 0.3 is 0 Å². The van der Waals surface area contributed by atoms with Crippen LogP contribution in [0.3, 0.4) is 0 Å². The average molecular weight is 193 g/mol. The molecule has 0 bridgehead atoms. The number of rotatable bonds is 1. The zero-order chi connectivity index (χ0) is 11.0. The third-order valence-electron chi connectivity index (χ3n) is 1.85. The fourth-order valence-corrected chi connectivity index (χ4v) is 0.799. The van der Waals surface area contributed by atoms with Crippen LogP contribution in [-0.4, -0.2) is 20.2 Å². The van der Waals surface area contributed by atoms with Gasteiger partial charge < -0.3 is 0 Å². The molecule has 0 aliphatic rings. The van der Waals surface area contributed by atoms with Gasteiger partial charge in [-0.3, -0.25) is 0 Å². The first kappa shape index (κ1) is 10.6. The third-order valence-corrected chi connectivity index (χ3v) is 1.85. The van der Waals surface area contributed by atoms with E-state index in [9.17, 15) is 0 Å². The highest BCUT2D eigenvalue weighted by atomic mass is 15.6. The Morgan fingerprint density at radius 3 is 2.14 bits per heavy atom. The molecule has 0 saturated carbocycles. The van der Waals surface area contributed by atoms with Gasteiger partial charge in [-0.1, -0.05) is 0 Å². The molecule has 0 atom stereocenters. The summed E-state index contributed by atoms with van der Waals surface area (Å²) in [6.45, 7) is 9.50. The van der Waals surface area contributed by atoms with Crippen molar-refractivity contribution in [3.8, 4) is 6.07 Å². The maximum absolute atomic E-state index is 8.89. The Kier molecular flexibility index (Phi) is 2.32. The quantitative estimate of drug-likeness (QED) is 0.672. The topological polar surface area (TPSA) is 67.4 Å². The van der Waals surface area contributed by atoms with Crippen molar-refractivity contribution in [1.82, 2.24) is 20.2 Å². The molecule has 0 N–H and O–H groups in total. The number of tetrazole rings is 1. The summed E-state index contributed by atoms with van der Waals surface area (Å²) in [7, 11) is 0. The molecule has 0 aromatic carbocycles. The number of hydrogen-bond acceptors (Lipinski definition) is 4. The van der Waals surface area contributed by atoms with Crippen LogP contribution in [0.1, 0.15) is 40.4 Å². The van der Waals surface area contributed by atoms with E-state index >= 15 is 0 Å². The van der Waals surface area contributed by atoms with Crippen molar-refractivity contribution in [1.29, 1.82) is 5.26 Å². The molecule has 0 amide bonds. The molecular formula is C9H15N5. The van der Waals surface area contributed by atoms with Crippen LogP contribution in [0.15, 0.2) is 0 Å². The highest BCUT2D eigenvalue weighted by Crippen LogP contribution is 2.18. The zero-order valence-electron chi connectivity index (χ0n) is 9.24. The van der Waals surface area contributed by atoms with Crippen LogP contribution in [0.4, 0.5) is 0 Å². The summed E-state index contributed by atoms with van der Waals surface area (Å²) < 4.78 is 0. The van der Waals surface area contributed by atoms with Gasteiger partial charge in [-0.2, -0.15) is 10.1 Å². The van der Waals surface area contributed by atoms with Gasteiger partial charge in [0.05, 0.1) is 11.6 Å². The predicted molar refractivity (Wildman–Crippen MR) is 51.5 cm³/mol. The molecular weight excluding hydrogens is 178 g/mol. The molecule has 0 aliphatic carbocycles. The molecule has 0 saturated heterocycles. The normalized spacial score (nSPS) is 12.6. The van der Waals surface area contributed by atoms with Crippen LogP contribution >= 0.6 is 0 Å². The van der Waals surface area contributed by atoms with Crippen molar-refractivity contribution in [2.45, 2.75) is 45.6 Å². The van der Waals surface area contributed by atoms with Gasteiger partial charge in [0.25, 0.3) is 0 Å². The molecule has 1 aromatic rings. The summed E-state index contributed by atoms with van der Waals surface area (Å²) in [6, 6.07) is 2.14. The zero-order valence-corrected chi connectivity index (χ0v) is 9.24. The van der Waals surface area contributed by atoms with Crippen LogP contribution < -0.4 is 0 Å². The van der Waals surface area contributed by atoms with Crippen molar-refractivity contribution in [3.63, 3.8) is 0 Å². The highest BCUT2D eigenvalue weighted by molar-refractivity contribution is 5.13. The van der Waals surface area contributed by atoms with Crippen molar-refractivity contribution in [2.24, 2.45) is 0 Å². The van der Waals surface area contributed by atoms with Crippen molar-refractivity contribution < 1.29 is 0 Å². The first-order valence-electron chi connectivity index (χ1n) is 4.49. The second-order valence-electron chi connectivity index (χ2n) is 4.81. The number of nitriles is 1. The van der Waals surface area contributed by atoms with Crippen molar-refractivity contribution in [2.75, 3.05) is 0 Å². The van der Waals surface area contributed by atoms with Crippen molar-refractivity contribution in [3.05, 3.63) is 5.82 Å². The minimum atomic E-state index is -0.677. The van der Waals surface area contributed by atoms with E-state index < -0.39 is 5.41 Å². The van der Waals surface area contributed by atoms with Gasteiger partial charge in [-0.25, -0.2) is 0 Å². The molecule has 14 heavy (non-hydrogen) atoms. The van der Waals surface area contributed by atoms with E-state index in [1.54, 1.807) is 13.8 Å². The molecule has 0 unspecified atom stereocenters. The first-order chi connectivity index (χ1) is 6.27. The molecule has 1 aromatic heterocycles. The summed E-state index contributed by atoms with van der Waals surface area (Å²) in [5, 5.41) is 20.9. The van der Waals surface area contributed by atoms with E-state index in [1.165, 1.54) is 4.80 Å². The Labute approximate surface area is 83.7 Å². The minimum absolute atomic E-state index is 0.198. The summed E-state index contributed by atoms with van der Waals surface area (Å²) in [6.07, 6.45) is 0. The van der Waals surface area contributed by atoms with Gasteiger partial charge in [-0.15, -0.1) is 10.2 Å². The Bertz CT molecular complexity index is 363. The summed E-state index contributed by atoms with van der Waals surface area (Å²) in [5.74, 6) is 0.468. The summed E-state index contributed by atoms with van der Waals surface area (Å²) >= 11 is 0. The molecule has 0 fully saturated rings. The van der Waals surface area contributed by atoms with E-state index in [-0.39, 0.29) is 5.54 Å². The lowest BCUT2D eigenvalue weighted by Gasteiger charge is -2.16. The Balaban J connectivity index is 3.08. The van der Waals surface area contributed by atoms with Gasteiger partial charge in [0, 0.05) is 0 Å². The van der Waals surface area contributed by atoms with Gasteiger partial charge in [0.2, 0.25) is 0 Å². The standard InChI is InChI=1S/C9H15N5/c1-8(2,3)14-12-7(11-13-14)9(4,5)6-10/h1-5H3. The molecule has 5 heteroatoms. The SMILES string of the molecule is CC(C)(C#N)c1nnn(C(C)(C)C)n1. The summed E-state index contributed by atoms with van der Waals surface area (Å²) in [5.41, 5.74) is -0.875. The second-order valence-corrected chi connectivity index (χ2v) is 4.81. The second kappa shape index (κ2) is 3.05. The maximum Gasteiger partial charge on any atom is 0.194 e. The van der Waals surface area contributed by atoms with E-state index in [4.69, 9.17) is 5.26 Å². The molecule has 1 rings (SSSR count). The number of hydrogen-bond donors (Lipinski definition) is 0. The molecule has 0 aliphatic heterocycles. The molecule has 76 valence electrons. The average Bonchev–Trinajstić information content (AvgIpc) is 2.51. The fourth-order valence-electron chi connectivity index (χ4n) is 0.799. The first-order valence-corrected chi connectivity index (χ1v) is 4.49. The number of nitrogens with zero attached hydrogens (tertiary/aromatic N) is 5. The van der Waals surface area contributed by atoms with Crippen LogP contribution in [-0.2, 0) is 11.0 Å². The minimum Gasteiger partial charge on any atom is -0.197 e. The van der Waals surface area contributed by atoms with Gasteiger partial charge in [-0.05, 0) is 39.8 Å². The Hall–Kier alpha value is -1.44. The van der Waals surface area contributed by atoms with Gasteiger partial charge in [0.15, 0.2) is 5.82 Å². The third kappa shape index (κ3) is 1.90. The highest BCUT2D eigenvalue weighted by Gasteiger charge is 2.27. The van der Waals surface area contributed by atoms with E-state index in [0.29, 0.717) is 5.82 Å². The number of aromatic nitrogens is 4. The summed E-state index contributed by atoms with van der Waals surface area (Å²) in [4.78, 5) is 1.53. The Morgan fingerprint density at radius 2 is 1.79 bits per heavy atom. The van der Waals surface area contributed by atoms with Crippen molar-refractivity contribution >= 4 is 0 Å². The molecule has 5 nitrogen and oxygen atoms in total. The van der Waals surface area contributed by atoms with Crippen LogP contribution in [0.5, 0.6) is 0 Å². The van der Waals surface area contributed by atoms with E-state index in [0.717, 1.165) is 0 Å². The van der Waals surface area contributed by atoms with Gasteiger partial charge in [0.1, 0.15) is 5.41 Å². The smallest absolute Gasteiger partial charge is 0.194 e. The molecule has 1 heterocycles. The van der Waals surface area contributed by atoms with Crippen LogP contribution in [0.2, 0.25) is 0 Å². The molecule has 0 spiro atoms.